The molecule has 0 bridgehead atoms. The van der Waals surface area contributed by atoms with Crippen LogP contribution in [0.3, 0.4) is 0 Å². The fourth-order valence-corrected chi connectivity index (χ4v) is 5.83. The number of aromatic amines is 1. The van der Waals surface area contributed by atoms with Gasteiger partial charge in [0.1, 0.15) is 12.1 Å². The van der Waals surface area contributed by atoms with Gasteiger partial charge in [-0.15, -0.1) is 11.3 Å². The molecule has 0 atom stereocenters. The number of pyridine rings is 1. The van der Waals surface area contributed by atoms with E-state index in [-0.39, 0.29) is 18.9 Å². The lowest BCUT2D eigenvalue weighted by Crippen LogP contribution is -2.43. The number of carboxylic acid groups (broad SMARTS) is 1. The standard InChI is InChI=1S/C28H29N5O3S/c1-33-11-9-19(10-12-33)5-4-8-23-22(16-30-32-23)24-18-37-25(31-24)17-29-27(36)28(15-26(34)35)13-20-6-2-3-7-21(20)14-28/h2-3,6-7,9-12,16,18H,4-5,8,13-15,17H2,1H3,(H2-,29,30,32,34,35,36)/p+1. The number of carboxylic acids is 1. The number of hydrogen-bond donors (Lipinski definition) is 3. The molecule has 1 aromatic carbocycles. The third kappa shape index (κ3) is 5.61. The van der Waals surface area contributed by atoms with E-state index >= 15 is 0 Å². The maximum Gasteiger partial charge on any atom is 0.304 e. The SMILES string of the molecule is C[n+]1ccc(CCCc2[nH]ncc2-c2csc(CNC(=O)C3(CC(=O)O)Cc4ccccc4C3)n2)cc1. The van der Waals surface area contributed by atoms with E-state index < -0.39 is 11.4 Å². The van der Waals surface area contributed by atoms with Gasteiger partial charge >= 0.3 is 5.97 Å². The van der Waals surface area contributed by atoms with Crippen molar-refractivity contribution in [2.45, 2.75) is 45.1 Å². The molecule has 5 rings (SSSR count). The fourth-order valence-electron chi connectivity index (χ4n) is 5.10. The Morgan fingerprint density at radius 2 is 1.86 bits per heavy atom. The molecule has 3 N–H and O–H groups in total. The van der Waals surface area contributed by atoms with Crippen LogP contribution in [0.4, 0.5) is 0 Å². The first-order valence-electron chi connectivity index (χ1n) is 12.4. The molecule has 190 valence electrons. The Morgan fingerprint density at radius 1 is 1.14 bits per heavy atom. The quantitative estimate of drug-likeness (QED) is 0.280. The van der Waals surface area contributed by atoms with Gasteiger partial charge in [0.15, 0.2) is 12.4 Å². The molecule has 1 aliphatic carbocycles. The van der Waals surface area contributed by atoms with Crippen molar-refractivity contribution in [2.75, 3.05) is 0 Å². The highest BCUT2D eigenvalue weighted by atomic mass is 32.1. The molecule has 4 aromatic rings. The first-order chi connectivity index (χ1) is 17.9. The van der Waals surface area contributed by atoms with E-state index in [0.29, 0.717) is 12.8 Å². The van der Waals surface area contributed by atoms with Gasteiger partial charge in [0, 0.05) is 28.8 Å². The summed E-state index contributed by atoms with van der Waals surface area (Å²) in [6.07, 6.45) is 9.42. The summed E-state index contributed by atoms with van der Waals surface area (Å²) in [4.78, 5) is 29.6. The Bertz CT molecular complexity index is 1380. The van der Waals surface area contributed by atoms with E-state index in [2.05, 4.69) is 40.0 Å². The molecule has 37 heavy (non-hydrogen) atoms. The number of thiazole rings is 1. The van der Waals surface area contributed by atoms with Gasteiger partial charge in [-0.1, -0.05) is 24.3 Å². The number of fused-ring (bicyclic) bond motifs is 1. The maximum atomic E-state index is 13.3. The van der Waals surface area contributed by atoms with Crippen LogP contribution >= 0.6 is 11.3 Å². The topological polar surface area (TPSA) is 112 Å². The lowest BCUT2D eigenvalue weighted by atomic mass is 9.80. The molecule has 8 nitrogen and oxygen atoms in total. The van der Waals surface area contributed by atoms with Crippen LogP contribution in [0.25, 0.3) is 11.3 Å². The van der Waals surface area contributed by atoms with Gasteiger partial charge in [0.25, 0.3) is 0 Å². The van der Waals surface area contributed by atoms with E-state index in [9.17, 15) is 14.7 Å². The summed E-state index contributed by atoms with van der Waals surface area (Å²) >= 11 is 1.48. The highest BCUT2D eigenvalue weighted by Crippen LogP contribution is 2.40. The number of hydrogen-bond acceptors (Lipinski definition) is 5. The maximum absolute atomic E-state index is 13.3. The van der Waals surface area contributed by atoms with Gasteiger partial charge in [-0.3, -0.25) is 14.7 Å². The second-order valence-corrected chi connectivity index (χ2v) is 10.7. The normalized spacial score (nSPS) is 13.9. The van der Waals surface area contributed by atoms with Crippen LogP contribution in [0.1, 0.15) is 40.2 Å². The number of benzene rings is 1. The monoisotopic (exact) mass is 516 g/mol. The van der Waals surface area contributed by atoms with E-state index in [4.69, 9.17) is 4.98 Å². The molecule has 1 amide bonds. The van der Waals surface area contributed by atoms with Crippen molar-refractivity contribution in [1.29, 1.82) is 0 Å². The van der Waals surface area contributed by atoms with E-state index in [1.54, 1.807) is 6.20 Å². The molecule has 3 aromatic heterocycles. The molecule has 0 saturated carbocycles. The Balaban J connectivity index is 1.21. The van der Waals surface area contributed by atoms with Crippen LogP contribution in [0.5, 0.6) is 0 Å². The number of aliphatic carboxylic acids is 1. The van der Waals surface area contributed by atoms with E-state index in [1.165, 1.54) is 16.9 Å². The summed E-state index contributed by atoms with van der Waals surface area (Å²) in [5, 5.41) is 22.6. The minimum Gasteiger partial charge on any atom is -0.481 e. The minimum absolute atomic E-state index is 0.198. The molecule has 0 fully saturated rings. The summed E-state index contributed by atoms with van der Waals surface area (Å²) in [5.74, 6) is -1.20. The van der Waals surface area contributed by atoms with Crippen molar-refractivity contribution in [3.05, 3.63) is 87.8 Å². The number of aromatic nitrogens is 4. The zero-order valence-corrected chi connectivity index (χ0v) is 21.6. The van der Waals surface area contributed by atoms with Crippen LogP contribution in [-0.4, -0.2) is 32.2 Å². The summed E-state index contributed by atoms with van der Waals surface area (Å²) in [5.41, 5.74) is 5.28. The van der Waals surface area contributed by atoms with Gasteiger partial charge in [0.05, 0.1) is 30.3 Å². The van der Waals surface area contributed by atoms with E-state index in [0.717, 1.165) is 52.3 Å². The average Bonchev–Trinajstić information content (AvgIpc) is 3.61. The van der Waals surface area contributed by atoms with Crippen LogP contribution in [0.2, 0.25) is 0 Å². The highest BCUT2D eigenvalue weighted by molar-refractivity contribution is 7.09. The molecule has 0 radical (unpaired) electrons. The predicted octanol–water partition coefficient (Wildman–Crippen LogP) is 3.41. The number of carbonyl (C=O) groups is 2. The van der Waals surface area contributed by atoms with Crippen molar-refractivity contribution in [3.8, 4) is 11.3 Å². The second-order valence-electron chi connectivity index (χ2n) is 9.77. The number of nitrogens with one attached hydrogen (secondary N) is 2. The molecule has 0 spiro atoms. The van der Waals surface area contributed by atoms with E-state index in [1.807, 2.05) is 41.3 Å². The number of aryl methyl sites for hydroxylation is 3. The molecule has 9 heteroatoms. The zero-order chi connectivity index (χ0) is 25.8. The molecule has 0 saturated heterocycles. The smallest absolute Gasteiger partial charge is 0.304 e. The Kier molecular flexibility index (Phi) is 7.14. The molecule has 3 heterocycles. The van der Waals surface area contributed by atoms with Gasteiger partial charge < -0.3 is 10.4 Å². The summed E-state index contributed by atoms with van der Waals surface area (Å²) < 4.78 is 2.03. The van der Waals surface area contributed by atoms with Gasteiger partial charge in [-0.05, 0) is 48.8 Å². The van der Waals surface area contributed by atoms with Crippen LogP contribution in [0.15, 0.2) is 60.4 Å². The van der Waals surface area contributed by atoms with Crippen LogP contribution in [-0.2, 0) is 48.9 Å². The predicted molar refractivity (Wildman–Crippen MR) is 140 cm³/mol. The molecule has 0 unspecified atom stereocenters. The number of H-pyrrole nitrogens is 1. The summed E-state index contributed by atoms with van der Waals surface area (Å²) in [6.45, 7) is 0.264. The molecular weight excluding hydrogens is 486 g/mol. The number of nitrogens with zero attached hydrogens (tertiary/aromatic N) is 3. The second kappa shape index (κ2) is 10.6. The third-order valence-electron chi connectivity index (χ3n) is 7.03. The van der Waals surface area contributed by atoms with Crippen molar-refractivity contribution in [1.82, 2.24) is 20.5 Å². The van der Waals surface area contributed by atoms with Crippen molar-refractivity contribution >= 4 is 23.2 Å². The Morgan fingerprint density at radius 3 is 2.57 bits per heavy atom. The summed E-state index contributed by atoms with van der Waals surface area (Å²) in [6, 6.07) is 12.1. The van der Waals surface area contributed by atoms with Crippen molar-refractivity contribution in [3.63, 3.8) is 0 Å². The first-order valence-corrected chi connectivity index (χ1v) is 13.3. The largest absolute Gasteiger partial charge is 0.481 e. The van der Waals surface area contributed by atoms with Crippen molar-refractivity contribution in [2.24, 2.45) is 12.5 Å². The number of amides is 1. The number of rotatable bonds is 10. The van der Waals surface area contributed by atoms with Crippen LogP contribution in [0, 0.1) is 5.41 Å². The van der Waals surface area contributed by atoms with Gasteiger partial charge in [-0.25, -0.2) is 9.55 Å². The minimum atomic E-state index is -0.969. The number of carbonyl (C=O) groups excluding carboxylic acids is 1. The molecular formula is C28H30N5O3S+. The van der Waals surface area contributed by atoms with Crippen LogP contribution < -0.4 is 9.88 Å². The lowest BCUT2D eigenvalue weighted by molar-refractivity contribution is -0.671. The third-order valence-corrected chi connectivity index (χ3v) is 7.88. The Labute approximate surface area is 219 Å². The first kappa shape index (κ1) is 24.8. The fraction of sp³-hybridized carbons (Fsp3) is 0.321. The zero-order valence-electron chi connectivity index (χ0n) is 20.7. The lowest BCUT2D eigenvalue weighted by Gasteiger charge is -2.25. The van der Waals surface area contributed by atoms with Crippen molar-refractivity contribution < 1.29 is 19.3 Å². The van der Waals surface area contributed by atoms with Gasteiger partial charge in [-0.2, -0.15) is 5.10 Å². The summed E-state index contributed by atoms with van der Waals surface area (Å²) in [7, 11) is 2.01. The molecule has 1 aliphatic rings. The van der Waals surface area contributed by atoms with Gasteiger partial charge in [0.2, 0.25) is 5.91 Å². The molecule has 0 aliphatic heterocycles. The average molecular weight is 517 g/mol. The Hall–Kier alpha value is -3.85. The highest BCUT2D eigenvalue weighted by Gasteiger charge is 2.45.